The van der Waals surface area contributed by atoms with Gasteiger partial charge in [0.25, 0.3) is 0 Å². The molecule has 0 amide bonds. The van der Waals surface area contributed by atoms with Crippen LogP contribution in [0.1, 0.15) is 54.0 Å². The summed E-state index contributed by atoms with van der Waals surface area (Å²) in [5.41, 5.74) is 1.99. The largest absolute Gasteiger partial charge is 0.509 e. The molecule has 2 heteroatoms. The molecule has 0 saturated heterocycles. The Hall–Kier alpha value is -1.96. The molecule has 1 aromatic carbocycles. The van der Waals surface area contributed by atoms with E-state index in [0.717, 1.165) is 11.3 Å². The molecule has 0 radical (unpaired) electrons. The standard InChI is InChI=1S/C23H34O2/c1-10-18(12-11-17(2)24)23(21(3,4)5,22(6,7)8)19-13-15-20(25-9)16-14-19/h10-16,24H,2H2,1,3-9H3/b12-11-,18-10+. The lowest BCUT2D eigenvalue weighted by molar-refractivity contribution is 0.0897. The fourth-order valence-corrected chi connectivity index (χ4v) is 4.49. The molecule has 0 bridgehead atoms. The van der Waals surface area contributed by atoms with E-state index < -0.39 is 0 Å². The zero-order valence-corrected chi connectivity index (χ0v) is 17.1. The van der Waals surface area contributed by atoms with E-state index in [1.807, 2.05) is 18.2 Å². The summed E-state index contributed by atoms with van der Waals surface area (Å²) in [6.45, 7) is 19.3. The Morgan fingerprint density at radius 3 is 1.76 bits per heavy atom. The number of aliphatic hydroxyl groups excluding tert-OH is 1. The van der Waals surface area contributed by atoms with Gasteiger partial charge in [0, 0.05) is 5.41 Å². The molecule has 0 heterocycles. The molecular weight excluding hydrogens is 308 g/mol. The molecule has 1 aromatic rings. The maximum Gasteiger partial charge on any atom is 0.118 e. The lowest BCUT2D eigenvalue weighted by Gasteiger charge is -2.55. The summed E-state index contributed by atoms with van der Waals surface area (Å²) in [4.78, 5) is 0. The van der Waals surface area contributed by atoms with Crippen molar-refractivity contribution >= 4 is 0 Å². The van der Waals surface area contributed by atoms with Crippen LogP contribution in [0.5, 0.6) is 5.75 Å². The first-order valence-corrected chi connectivity index (χ1v) is 8.79. The van der Waals surface area contributed by atoms with Crippen LogP contribution in [-0.2, 0) is 5.41 Å². The van der Waals surface area contributed by atoms with Crippen molar-refractivity contribution < 1.29 is 9.84 Å². The Balaban J connectivity index is 3.83. The third kappa shape index (κ3) is 4.00. The van der Waals surface area contributed by atoms with E-state index in [1.54, 1.807) is 13.2 Å². The number of ether oxygens (including phenoxy) is 1. The lowest BCUT2D eigenvalue weighted by atomic mass is 9.48. The van der Waals surface area contributed by atoms with E-state index in [4.69, 9.17) is 4.74 Å². The summed E-state index contributed by atoms with van der Waals surface area (Å²) in [5, 5.41) is 9.58. The maximum absolute atomic E-state index is 9.58. The SMILES string of the molecule is C=C(O)/C=C\C(=C/C)C(c1ccc(OC)cc1)(C(C)(C)C)C(C)(C)C. The van der Waals surface area contributed by atoms with Crippen molar-refractivity contribution in [3.63, 3.8) is 0 Å². The van der Waals surface area contributed by atoms with Crippen molar-refractivity contribution in [2.75, 3.05) is 7.11 Å². The second-order valence-corrected chi connectivity index (χ2v) is 8.55. The normalized spacial score (nSPS) is 14.0. The summed E-state index contributed by atoms with van der Waals surface area (Å²) in [6, 6.07) is 8.34. The zero-order chi connectivity index (χ0) is 19.5. The molecule has 0 fully saturated rings. The molecule has 0 aliphatic rings. The van der Waals surface area contributed by atoms with Crippen LogP contribution in [0.4, 0.5) is 0 Å². The Morgan fingerprint density at radius 2 is 1.44 bits per heavy atom. The molecule has 1 N–H and O–H groups in total. The zero-order valence-electron chi connectivity index (χ0n) is 17.1. The monoisotopic (exact) mass is 342 g/mol. The van der Waals surface area contributed by atoms with Gasteiger partial charge in [-0.3, -0.25) is 0 Å². The second-order valence-electron chi connectivity index (χ2n) is 8.55. The molecule has 138 valence electrons. The molecule has 0 saturated carbocycles. The Kier molecular flexibility index (Phi) is 6.33. The molecule has 0 aliphatic carbocycles. The van der Waals surface area contributed by atoms with Crippen molar-refractivity contribution in [2.45, 2.75) is 53.9 Å². The minimum absolute atomic E-state index is 0.0609. The van der Waals surface area contributed by atoms with Crippen molar-refractivity contribution in [1.29, 1.82) is 0 Å². The van der Waals surface area contributed by atoms with Gasteiger partial charge in [0.15, 0.2) is 0 Å². The van der Waals surface area contributed by atoms with Gasteiger partial charge in [-0.05, 0) is 47.1 Å². The van der Waals surface area contributed by atoms with Crippen LogP contribution in [0.15, 0.2) is 60.4 Å². The van der Waals surface area contributed by atoms with E-state index in [-0.39, 0.29) is 22.0 Å². The fourth-order valence-electron chi connectivity index (χ4n) is 4.49. The average Bonchev–Trinajstić information content (AvgIpc) is 2.48. The van der Waals surface area contributed by atoms with Crippen LogP contribution < -0.4 is 4.74 Å². The highest BCUT2D eigenvalue weighted by molar-refractivity contribution is 5.48. The van der Waals surface area contributed by atoms with Crippen LogP contribution in [0.25, 0.3) is 0 Å². The predicted molar refractivity (Wildman–Crippen MR) is 108 cm³/mol. The first-order valence-electron chi connectivity index (χ1n) is 8.79. The van der Waals surface area contributed by atoms with Crippen LogP contribution in [0, 0.1) is 10.8 Å². The third-order valence-electron chi connectivity index (χ3n) is 4.97. The number of rotatable bonds is 5. The van der Waals surface area contributed by atoms with Gasteiger partial charge in [0.2, 0.25) is 0 Å². The topological polar surface area (TPSA) is 29.5 Å². The van der Waals surface area contributed by atoms with Crippen LogP contribution in [0.2, 0.25) is 0 Å². The first-order chi connectivity index (χ1) is 11.4. The van der Waals surface area contributed by atoms with Gasteiger partial charge in [-0.15, -0.1) is 0 Å². The van der Waals surface area contributed by atoms with Crippen molar-refractivity contribution in [3.05, 3.63) is 66.0 Å². The summed E-state index contributed by atoms with van der Waals surface area (Å²) < 4.78 is 5.35. The summed E-state index contributed by atoms with van der Waals surface area (Å²) in [5.74, 6) is 0.910. The van der Waals surface area contributed by atoms with Gasteiger partial charge < -0.3 is 9.84 Å². The van der Waals surface area contributed by atoms with Crippen LogP contribution in [-0.4, -0.2) is 12.2 Å². The maximum atomic E-state index is 9.58. The number of hydrogen-bond acceptors (Lipinski definition) is 2. The van der Waals surface area contributed by atoms with E-state index in [1.165, 1.54) is 5.56 Å². The molecule has 0 atom stereocenters. The quantitative estimate of drug-likeness (QED) is 0.482. The van der Waals surface area contributed by atoms with Gasteiger partial charge in [-0.25, -0.2) is 0 Å². The smallest absolute Gasteiger partial charge is 0.118 e. The Morgan fingerprint density at radius 1 is 0.960 bits per heavy atom. The second kappa shape index (κ2) is 7.51. The van der Waals surface area contributed by atoms with Crippen molar-refractivity contribution in [2.24, 2.45) is 10.8 Å². The molecule has 1 rings (SSSR count). The van der Waals surface area contributed by atoms with Crippen LogP contribution >= 0.6 is 0 Å². The minimum Gasteiger partial charge on any atom is -0.509 e. The van der Waals surface area contributed by atoms with Gasteiger partial charge in [-0.2, -0.15) is 0 Å². The number of aliphatic hydroxyl groups is 1. The highest BCUT2D eigenvalue weighted by Gasteiger charge is 2.53. The molecule has 2 nitrogen and oxygen atoms in total. The molecule has 25 heavy (non-hydrogen) atoms. The van der Waals surface area contributed by atoms with Crippen LogP contribution in [0.3, 0.4) is 0 Å². The molecular formula is C23H34O2. The van der Waals surface area contributed by atoms with Gasteiger partial charge in [0.1, 0.15) is 11.5 Å². The van der Waals surface area contributed by atoms with Gasteiger partial charge in [0.05, 0.1) is 7.11 Å². The van der Waals surface area contributed by atoms with E-state index in [9.17, 15) is 5.11 Å². The highest BCUT2D eigenvalue weighted by atomic mass is 16.5. The third-order valence-corrected chi connectivity index (χ3v) is 4.97. The van der Waals surface area contributed by atoms with E-state index in [0.29, 0.717) is 0 Å². The Bertz CT molecular complexity index is 633. The highest BCUT2D eigenvalue weighted by Crippen LogP contribution is 2.58. The van der Waals surface area contributed by atoms with Crippen molar-refractivity contribution in [3.8, 4) is 5.75 Å². The van der Waals surface area contributed by atoms with E-state index >= 15 is 0 Å². The van der Waals surface area contributed by atoms with Gasteiger partial charge >= 0.3 is 0 Å². The minimum atomic E-state index is -0.271. The average molecular weight is 343 g/mol. The molecule has 0 aromatic heterocycles. The molecule has 0 aliphatic heterocycles. The molecule has 0 unspecified atom stereocenters. The first kappa shape index (κ1) is 21.1. The van der Waals surface area contributed by atoms with E-state index in [2.05, 4.69) is 73.3 Å². The summed E-state index contributed by atoms with van der Waals surface area (Å²) in [7, 11) is 1.68. The van der Waals surface area contributed by atoms with Crippen molar-refractivity contribution in [1.82, 2.24) is 0 Å². The Labute approximate surface area is 153 Å². The number of hydrogen-bond donors (Lipinski definition) is 1. The number of allylic oxidation sites excluding steroid dienone is 4. The van der Waals surface area contributed by atoms with Gasteiger partial charge in [-0.1, -0.05) is 72.4 Å². The lowest BCUT2D eigenvalue weighted by Crippen LogP contribution is -2.51. The fraction of sp³-hybridized carbons (Fsp3) is 0.478. The predicted octanol–water partition coefficient (Wildman–Crippen LogP) is 6.60. The summed E-state index contributed by atoms with van der Waals surface area (Å²) >= 11 is 0. The summed E-state index contributed by atoms with van der Waals surface area (Å²) in [6.07, 6.45) is 5.80. The number of benzene rings is 1. The molecule has 0 spiro atoms. The number of methoxy groups -OCH3 is 1.